The third kappa shape index (κ3) is 2.48. The van der Waals surface area contributed by atoms with Crippen molar-refractivity contribution in [3.63, 3.8) is 0 Å². The third-order valence-corrected chi connectivity index (χ3v) is 2.53. The summed E-state index contributed by atoms with van der Waals surface area (Å²) in [5.74, 6) is 0. The van der Waals surface area contributed by atoms with Crippen LogP contribution in [-0.4, -0.2) is 16.1 Å². The fourth-order valence-electron chi connectivity index (χ4n) is 1.09. The Morgan fingerprint density at radius 2 is 2.12 bits per heavy atom. The van der Waals surface area contributed by atoms with Gasteiger partial charge in [0.2, 0.25) is 5.13 Å². The van der Waals surface area contributed by atoms with Crippen LogP contribution in [-0.2, 0) is 0 Å². The number of hydrogen-bond acceptors (Lipinski definition) is 5. The molecule has 0 aliphatic carbocycles. The predicted octanol–water partition coefficient (Wildman–Crippen LogP) is 2.80. The molecule has 0 aliphatic heterocycles. The molecular formula is C10H7N3O2S. The molecule has 0 saturated heterocycles. The molecule has 2 rings (SSSR count). The van der Waals surface area contributed by atoms with Crippen molar-refractivity contribution in [1.29, 1.82) is 0 Å². The van der Waals surface area contributed by atoms with Crippen LogP contribution in [0.5, 0.6) is 0 Å². The molecule has 1 heterocycles. The highest BCUT2D eigenvalue weighted by molar-refractivity contribution is 7.13. The monoisotopic (exact) mass is 233 g/mol. The van der Waals surface area contributed by atoms with E-state index in [4.69, 9.17) is 0 Å². The second-order valence-electron chi connectivity index (χ2n) is 2.92. The van der Waals surface area contributed by atoms with E-state index in [2.05, 4.69) is 9.98 Å². The fraction of sp³-hybridized carbons (Fsp3) is 0. The van der Waals surface area contributed by atoms with Crippen molar-refractivity contribution < 1.29 is 4.92 Å². The highest BCUT2D eigenvalue weighted by atomic mass is 32.1. The van der Waals surface area contributed by atoms with Crippen LogP contribution in [0.25, 0.3) is 0 Å². The predicted molar refractivity (Wildman–Crippen MR) is 62.5 cm³/mol. The molecule has 0 atom stereocenters. The zero-order valence-electron chi connectivity index (χ0n) is 8.11. The Hall–Kier alpha value is -2.08. The molecular weight excluding hydrogens is 226 g/mol. The summed E-state index contributed by atoms with van der Waals surface area (Å²) in [5.41, 5.74) is 0.882. The summed E-state index contributed by atoms with van der Waals surface area (Å²) >= 11 is 1.43. The number of rotatable bonds is 3. The molecule has 1 aromatic heterocycles. The molecule has 0 spiro atoms. The lowest BCUT2D eigenvalue weighted by Gasteiger charge is -1.92. The standard InChI is InChI=1S/C10H7N3O2S/c14-13(15)9-3-1-8(2-4-9)7-12-10-11-5-6-16-10/h1-7H/b12-7-. The zero-order chi connectivity index (χ0) is 11.4. The molecule has 0 radical (unpaired) electrons. The van der Waals surface area contributed by atoms with Crippen LogP contribution >= 0.6 is 11.3 Å². The maximum Gasteiger partial charge on any atom is 0.269 e. The van der Waals surface area contributed by atoms with Crippen molar-refractivity contribution >= 4 is 28.4 Å². The zero-order valence-corrected chi connectivity index (χ0v) is 8.92. The van der Waals surface area contributed by atoms with Gasteiger partial charge in [0, 0.05) is 29.9 Å². The van der Waals surface area contributed by atoms with E-state index in [0.29, 0.717) is 5.13 Å². The van der Waals surface area contributed by atoms with Crippen molar-refractivity contribution in [2.75, 3.05) is 0 Å². The molecule has 16 heavy (non-hydrogen) atoms. The van der Waals surface area contributed by atoms with E-state index in [-0.39, 0.29) is 5.69 Å². The second-order valence-corrected chi connectivity index (χ2v) is 3.79. The van der Waals surface area contributed by atoms with Crippen LogP contribution in [0.2, 0.25) is 0 Å². The number of aliphatic imine (C=N–C) groups is 1. The Morgan fingerprint density at radius 1 is 1.38 bits per heavy atom. The first kappa shape index (κ1) is 10.4. The Bertz CT molecular complexity index is 505. The summed E-state index contributed by atoms with van der Waals surface area (Å²) in [6.45, 7) is 0. The van der Waals surface area contributed by atoms with Crippen molar-refractivity contribution in [1.82, 2.24) is 4.98 Å². The molecule has 5 nitrogen and oxygen atoms in total. The molecule has 6 heteroatoms. The third-order valence-electron chi connectivity index (χ3n) is 1.85. The molecule has 0 unspecified atom stereocenters. The van der Waals surface area contributed by atoms with Crippen molar-refractivity contribution in [2.45, 2.75) is 0 Å². The Labute approximate surface area is 95.3 Å². The Balaban J connectivity index is 2.14. The van der Waals surface area contributed by atoms with E-state index in [9.17, 15) is 10.1 Å². The van der Waals surface area contributed by atoms with Crippen LogP contribution < -0.4 is 0 Å². The van der Waals surface area contributed by atoms with Gasteiger partial charge in [0.05, 0.1) is 4.92 Å². The van der Waals surface area contributed by atoms with Gasteiger partial charge in [0.15, 0.2) is 0 Å². The van der Waals surface area contributed by atoms with Gasteiger partial charge < -0.3 is 0 Å². The van der Waals surface area contributed by atoms with Crippen LogP contribution in [0, 0.1) is 10.1 Å². The molecule has 0 N–H and O–H groups in total. The molecule has 0 saturated carbocycles. The largest absolute Gasteiger partial charge is 0.269 e. The molecule has 80 valence electrons. The number of benzene rings is 1. The van der Waals surface area contributed by atoms with Gasteiger partial charge in [0.1, 0.15) is 0 Å². The summed E-state index contributed by atoms with van der Waals surface area (Å²) in [4.78, 5) is 18.1. The topological polar surface area (TPSA) is 68.4 Å². The van der Waals surface area contributed by atoms with Crippen LogP contribution in [0.4, 0.5) is 10.8 Å². The van der Waals surface area contributed by atoms with Crippen LogP contribution in [0.15, 0.2) is 40.8 Å². The van der Waals surface area contributed by atoms with E-state index >= 15 is 0 Å². The van der Waals surface area contributed by atoms with Crippen LogP contribution in [0.3, 0.4) is 0 Å². The normalized spacial score (nSPS) is 10.8. The first-order valence-corrected chi connectivity index (χ1v) is 5.32. The quantitative estimate of drug-likeness (QED) is 0.465. The maximum atomic E-state index is 10.4. The van der Waals surface area contributed by atoms with Crippen molar-refractivity contribution in [2.24, 2.45) is 4.99 Å². The second kappa shape index (κ2) is 4.63. The summed E-state index contributed by atoms with van der Waals surface area (Å²) < 4.78 is 0. The van der Waals surface area contributed by atoms with Gasteiger partial charge in [-0.05, 0) is 17.7 Å². The molecule has 2 aromatic rings. The summed E-state index contributed by atoms with van der Waals surface area (Å²) in [6.07, 6.45) is 3.30. The number of aromatic nitrogens is 1. The first-order chi connectivity index (χ1) is 7.75. The van der Waals surface area contributed by atoms with Gasteiger partial charge in [-0.25, -0.2) is 9.98 Å². The number of nitro groups is 1. The first-order valence-electron chi connectivity index (χ1n) is 4.44. The average molecular weight is 233 g/mol. The van der Waals surface area contributed by atoms with E-state index in [1.165, 1.54) is 23.5 Å². The van der Waals surface area contributed by atoms with E-state index in [0.717, 1.165) is 5.56 Å². The van der Waals surface area contributed by atoms with Crippen molar-refractivity contribution in [3.8, 4) is 0 Å². The lowest BCUT2D eigenvalue weighted by Crippen LogP contribution is -1.88. The molecule has 0 fully saturated rings. The maximum absolute atomic E-state index is 10.4. The SMILES string of the molecule is O=[N+]([O-])c1ccc(/C=N\c2nccs2)cc1. The number of nitro benzene ring substituents is 1. The average Bonchev–Trinajstić information content (AvgIpc) is 2.80. The minimum atomic E-state index is -0.429. The van der Waals surface area contributed by atoms with Gasteiger partial charge in [-0.3, -0.25) is 10.1 Å². The molecule has 1 aromatic carbocycles. The van der Waals surface area contributed by atoms with Gasteiger partial charge in [-0.15, -0.1) is 11.3 Å². The van der Waals surface area contributed by atoms with Gasteiger partial charge in [-0.2, -0.15) is 0 Å². The summed E-state index contributed by atoms with van der Waals surface area (Å²) in [6, 6.07) is 6.19. The highest BCUT2D eigenvalue weighted by Crippen LogP contribution is 2.15. The van der Waals surface area contributed by atoms with Gasteiger partial charge >= 0.3 is 0 Å². The van der Waals surface area contributed by atoms with Gasteiger partial charge in [-0.1, -0.05) is 0 Å². The van der Waals surface area contributed by atoms with Crippen molar-refractivity contribution in [3.05, 3.63) is 51.5 Å². The smallest absolute Gasteiger partial charge is 0.258 e. The lowest BCUT2D eigenvalue weighted by molar-refractivity contribution is -0.384. The highest BCUT2D eigenvalue weighted by Gasteiger charge is 2.02. The van der Waals surface area contributed by atoms with E-state index in [1.807, 2.05) is 5.38 Å². The van der Waals surface area contributed by atoms with E-state index < -0.39 is 4.92 Å². The Kier molecular flexibility index (Phi) is 3.02. The Morgan fingerprint density at radius 3 is 2.69 bits per heavy atom. The van der Waals surface area contributed by atoms with Gasteiger partial charge in [0.25, 0.3) is 5.69 Å². The summed E-state index contributed by atoms with van der Waals surface area (Å²) in [7, 11) is 0. The number of nitrogens with zero attached hydrogens (tertiary/aromatic N) is 3. The van der Waals surface area contributed by atoms with Crippen LogP contribution in [0.1, 0.15) is 5.56 Å². The minimum Gasteiger partial charge on any atom is -0.258 e. The van der Waals surface area contributed by atoms with E-state index in [1.54, 1.807) is 24.5 Å². The number of hydrogen-bond donors (Lipinski definition) is 0. The molecule has 0 amide bonds. The minimum absolute atomic E-state index is 0.0754. The fourth-order valence-corrected chi connectivity index (χ4v) is 1.57. The lowest BCUT2D eigenvalue weighted by atomic mass is 10.2. The number of thiazole rings is 1. The molecule has 0 aliphatic rings. The summed E-state index contributed by atoms with van der Waals surface area (Å²) in [5, 5.41) is 12.9. The molecule has 0 bridgehead atoms. The number of non-ortho nitro benzene ring substituents is 1.